The van der Waals surface area contributed by atoms with Gasteiger partial charge < -0.3 is 14.2 Å². The van der Waals surface area contributed by atoms with E-state index in [-0.39, 0.29) is 0 Å². The number of hydrogen-bond donors (Lipinski definition) is 0. The van der Waals surface area contributed by atoms with E-state index in [0.29, 0.717) is 22.7 Å². The molecule has 18 heavy (non-hydrogen) atoms. The number of nitrogens with zero attached hydrogens (tertiary/aromatic N) is 2. The van der Waals surface area contributed by atoms with E-state index in [9.17, 15) is 0 Å². The molecule has 98 valence electrons. The minimum absolute atomic E-state index is 0.394. The van der Waals surface area contributed by atoms with Gasteiger partial charge in [-0.1, -0.05) is 13.8 Å². The first-order valence-corrected chi connectivity index (χ1v) is 5.48. The molecule has 0 N–H and O–H groups in total. The van der Waals surface area contributed by atoms with Gasteiger partial charge in [-0.25, -0.2) is 4.99 Å². The van der Waals surface area contributed by atoms with Crippen LogP contribution in [0.2, 0.25) is 0 Å². The molecule has 0 amide bonds. The highest BCUT2D eigenvalue weighted by Crippen LogP contribution is 2.34. The first-order valence-electron chi connectivity index (χ1n) is 5.48. The Morgan fingerprint density at radius 3 is 2.11 bits per heavy atom. The second-order valence-electron chi connectivity index (χ2n) is 2.81. The minimum atomic E-state index is 0.394. The van der Waals surface area contributed by atoms with E-state index in [2.05, 4.69) is 4.99 Å². The average molecular weight is 250 g/mol. The highest BCUT2D eigenvalue weighted by molar-refractivity contribution is 5.66. The second-order valence-corrected chi connectivity index (χ2v) is 2.81. The standard InChI is InChI=1S/C11H12N2O3.C2H6/c1-14-7-13-9-5-11(16-3)10(15-2)4-8(9)6-12;1-2/h4-5,7H,1-3H3;1-2H3. The number of rotatable bonds is 4. The quantitative estimate of drug-likeness (QED) is 0.608. The van der Waals surface area contributed by atoms with Gasteiger partial charge in [0.15, 0.2) is 17.9 Å². The van der Waals surface area contributed by atoms with Crippen molar-refractivity contribution in [2.75, 3.05) is 21.3 Å². The van der Waals surface area contributed by atoms with Gasteiger partial charge in [-0.3, -0.25) is 0 Å². The summed E-state index contributed by atoms with van der Waals surface area (Å²) in [6.45, 7) is 4.00. The summed E-state index contributed by atoms with van der Waals surface area (Å²) in [5.74, 6) is 1.01. The van der Waals surface area contributed by atoms with Crippen LogP contribution in [-0.2, 0) is 4.74 Å². The van der Waals surface area contributed by atoms with Crippen LogP contribution in [-0.4, -0.2) is 27.7 Å². The molecule has 1 rings (SSSR count). The van der Waals surface area contributed by atoms with E-state index < -0.39 is 0 Å². The summed E-state index contributed by atoms with van der Waals surface area (Å²) >= 11 is 0. The van der Waals surface area contributed by atoms with Crippen LogP contribution in [0.15, 0.2) is 17.1 Å². The summed E-state index contributed by atoms with van der Waals surface area (Å²) in [7, 11) is 4.52. The predicted molar refractivity (Wildman–Crippen MR) is 70.8 cm³/mol. The Hall–Kier alpha value is -2.22. The lowest BCUT2D eigenvalue weighted by molar-refractivity contribution is 0.355. The van der Waals surface area contributed by atoms with Crippen LogP contribution in [0.1, 0.15) is 19.4 Å². The molecule has 5 nitrogen and oxygen atoms in total. The van der Waals surface area contributed by atoms with Crippen LogP contribution < -0.4 is 9.47 Å². The minimum Gasteiger partial charge on any atom is -0.493 e. The molecule has 0 aliphatic rings. The Balaban J connectivity index is 0.00000137. The van der Waals surface area contributed by atoms with E-state index in [1.807, 2.05) is 19.9 Å². The molecule has 0 aliphatic carbocycles. The maximum Gasteiger partial charge on any atom is 0.174 e. The fraction of sp³-hybridized carbons (Fsp3) is 0.385. The van der Waals surface area contributed by atoms with Gasteiger partial charge in [0.25, 0.3) is 0 Å². The van der Waals surface area contributed by atoms with Gasteiger partial charge >= 0.3 is 0 Å². The zero-order valence-corrected chi connectivity index (χ0v) is 11.4. The predicted octanol–water partition coefficient (Wildman–Crippen LogP) is 2.91. The van der Waals surface area contributed by atoms with Gasteiger partial charge in [-0.15, -0.1) is 0 Å². The number of hydrogen-bond acceptors (Lipinski definition) is 5. The molecule has 0 saturated carbocycles. The van der Waals surface area contributed by atoms with Gasteiger partial charge in [-0.2, -0.15) is 5.26 Å². The Morgan fingerprint density at radius 2 is 1.67 bits per heavy atom. The summed E-state index contributed by atoms with van der Waals surface area (Å²) in [4.78, 5) is 3.97. The van der Waals surface area contributed by atoms with Gasteiger partial charge in [-0.05, 0) is 0 Å². The highest BCUT2D eigenvalue weighted by Gasteiger charge is 2.09. The van der Waals surface area contributed by atoms with Crippen LogP contribution in [0.25, 0.3) is 0 Å². The lowest BCUT2D eigenvalue weighted by atomic mass is 10.1. The number of nitriles is 1. The van der Waals surface area contributed by atoms with Gasteiger partial charge in [0.2, 0.25) is 0 Å². The molecular weight excluding hydrogens is 232 g/mol. The molecule has 1 aromatic carbocycles. The monoisotopic (exact) mass is 250 g/mol. The molecule has 0 fully saturated rings. The maximum absolute atomic E-state index is 8.94. The van der Waals surface area contributed by atoms with Crippen LogP contribution in [0.3, 0.4) is 0 Å². The van der Waals surface area contributed by atoms with Crippen LogP contribution in [0, 0.1) is 11.3 Å². The van der Waals surface area contributed by atoms with Crippen molar-refractivity contribution >= 4 is 12.1 Å². The summed E-state index contributed by atoms with van der Waals surface area (Å²) in [6, 6.07) is 5.21. The van der Waals surface area contributed by atoms with Crippen LogP contribution in [0.5, 0.6) is 11.5 Å². The third-order valence-electron chi connectivity index (χ3n) is 1.92. The third kappa shape index (κ3) is 3.98. The van der Waals surface area contributed by atoms with Crippen molar-refractivity contribution in [1.29, 1.82) is 5.26 Å². The Morgan fingerprint density at radius 1 is 1.11 bits per heavy atom. The molecule has 1 aromatic rings. The zero-order chi connectivity index (χ0) is 14.0. The number of benzene rings is 1. The van der Waals surface area contributed by atoms with Crippen molar-refractivity contribution in [1.82, 2.24) is 0 Å². The number of ether oxygens (including phenoxy) is 3. The smallest absolute Gasteiger partial charge is 0.174 e. The highest BCUT2D eigenvalue weighted by atomic mass is 16.5. The van der Waals surface area contributed by atoms with E-state index in [4.69, 9.17) is 19.5 Å². The molecule has 0 bridgehead atoms. The molecule has 0 unspecified atom stereocenters. The average Bonchev–Trinajstić information content (AvgIpc) is 2.46. The first-order chi connectivity index (χ1) is 8.76. The fourth-order valence-electron chi connectivity index (χ4n) is 1.17. The van der Waals surface area contributed by atoms with Crippen molar-refractivity contribution in [2.24, 2.45) is 4.99 Å². The molecule has 0 heterocycles. The van der Waals surface area contributed by atoms with Gasteiger partial charge in [0.1, 0.15) is 6.07 Å². The Kier molecular flexibility index (Phi) is 7.78. The summed E-state index contributed by atoms with van der Waals surface area (Å²) in [5.41, 5.74) is 0.868. The number of aliphatic imine (C=N–C) groups is 1. The topological polar surface area (TPSA) is 63.8 Å². The van der Waals surface area contributed by atoms with Gasteiger partial charge in [0, 0.05) is 12.1 Å². The Bertz CT molecular complexity index is 437. The fourth-order valence-corrected chi connectivity index (χ4v) is 1.17. The van der Waals surface area contributed by atoms with Crippen molar-refractivity contribution in [3.63, 3.8) is 0 Å². The molecule has 0 spiro atoms. The van der Waals surface area contributed by atoms with Gasteiger partial charge in [0.05, 0.1) is 32.6 Å². The third-order valence-corrected chi connectivity index (χ3v) is 1.92. The second kappa shape index (κ2) is 8.88. The van der Waals surface area contributed by atoms with E-state index in [1.54, 1.807) is 12.1 Å². The van der Waals surface area contributed by atoms with Crippen molar-refractivity contribution in [2.45, 2.75) is 13.8 Å². The SMILES string of the molecule is CC.COC=Nc1cc(OC)c(OC)cc1C#N. The number of methoxy groups -OCH3 is 3. The Labute approximate surface area is 108 Å². The lowest BCUT2D eigenvalue weighted by Crippen LogP contribution is -1.92. The normalized spacial score (nSPS) is 9.11. The summed E-state index contributed by atoms with van der Waals surface area (Å²) in [6.07, 6.45) is 1.25. The molecule has 0 saturated heterocycles. The molecule has 0 radical (unpaired) electrons. The zero-order valence-electron chi connectivity index (χ0n) is 11.4. The van der Waals surface area contributed by atoms with E-state index in [0.717, 1.165) is 0 Å². The first kappa shape index (κ1) is 15.8. The van der Waals surface area contributed by atoms with Crippen LogP contribution in [0.4, 0.5) is 5.69 Å². The van der Waals surface area contributed by atoms with E-state index in [1.165, 1.54) is 27.7 Å². The van der Waals surface area contributed by atoms with Crippen LogP contribution >= 0.6 is 0 Å². The lowest BCUT2D eigenvalue weighted by Gasteiger charge is -2.08. The maximum atomic E-state index is 8.94. The molecular formula is C13H18N2O3. The summed E-state index contributed by atoms with van der Waals surface area (Å²) < 4.78 is 14.9. The molecule has 5 heteroatoms. The van der Waals surface area contributed by atoms with Crippen molar-refractivity contribution in [3.05, 3.63) is 17.7 Å². The molecule has 0 aliphatic heterocycles. The van der Waals surface area contributed by atoms with Crippen molar-refractivity contribution < 1.29 is 14.2 Å². The largest absolute Gasteiger partial charge is 0.493 e. The molecule has 0 aromatic heterocycles. The van der Waals surface area contributed by atoms with E-state index >= 15 is 0 Å². The summed E-state index contributed by atoms with van der Waals surface area (Å²) in [5, 5.41) is 8.94. The molecule has 0 atom stereocenters. The van der Waals surface area contributed by atoms with Crippen molar-refractivity contribution in [3.8, 4) is 17.6 Å².